The molecule has 0 aromatic rings. The second kappa shape index (κ2) is 5.27. The van der Waals surface area contributed by atoms with Gasteiger partial charge in [0.25, 0.3) is 0 Å². The van der Waals surface area contributed by atoms with E-state index in [9.17, 15) is 0 Å². The molecule has 0 aromatic carbocycles. The summed E-state index contributed by atoms with van der Waals surface area (Å²) >= 11 is 0. The van der Waals surface area contributed by atoms with E-state index in [4.69, 9.17) is 4.74 Å². The van der Waals surface area contributed by atoms with Crippen LogP contribution in [0.5, 0.6) is 0 Å². The molecule has 2 nitrogen and oxygen atoms in total. The van der Waals surface area contributed by atoms with Crippen molar-refractivity contribution < 1.29 is 4.74 Å². The summed E-state index contributed by atoms with van der Waals surface area (Å²) in [6.45, 7) is 7.82. The Morgan fingerprint density at radius 2 is 1.88 bits per heavy atom. The fourth-order valence-corrected chi connectivity index (χ4v) is 3.12. The van der Waals surface area contributed by atoms with Gasteiger partial charge in [-0.25, -0.2) is 0 Å². The molecule has 2 heteroatoms. The topological polar surface area (TPSA) is 21.3 Å². The van der Waals surface area contributed by atoms with Crippen LogP contribution in [0.15, 0.2) is 0 Å². The van der Waals surface area contributed by atoms with Crippen LogP contribution in [0.3, 0.4) is 0 Å². The predicted molar refractivity (Wildman–Crippen MR) is 72.3 cm³/mol. The molecule has 1 unspecified atom stereocenters. The van der Waals surface area contributed by atoms with E-state index < -0.39 is 0 Å². The lowest BCUT2D eigenvalue weighted by Crippen LogP contribution is -2.43. The monoisotopic (exact) mass is 239 g/mol. The summed E-state index contributed by atoms with van der Waals surface area (Å²) in [4.78, 5) is 0. The van der Waals surface area contributed by atoms with E-state index in [0.29, 0.717) is 6.10 Å². The molecule has 0 amide bonds. The van der Waals surface area contributed by atoms with Gasteiger partial charge in [-0.05, 0) is 46.0 Å². The van der Waals surface area contributed by atoms with Crippen LogP contribution < -0.4 is 5.32 Å². The molecule has 0 radical (unpaired) electrons. The van der Waals surface area contributed by atoms with Gasteiger partial charge < -0.3 is 10.1 Å². The maximum atomic E-state index is 6.37. The molecular formula is C15H29NO. The molecule has 2 aliphatic rings. The van der Waals surface area contributed by atoms with Crippen LogP contribution in [0.4, 0.5) is 0 Å². The SMILES string of the molecule is CCC(C)(C)NCC1CCC2(CCCCC2)O1. The summed E-state index contributed by atoms with van der Waals surface area (Å²) in [5, 5.41) is 3.65. The molecule has 1 heterocycles. The first-order chi connectivity index (χ1) is 8.05. The highest BCUT2D eigenvalue weighted by Crippen LogP contribution is 2.41. The van der Waals surface area contributed by atoms with Crippen molar-refractivity contribution in [2.75, 3.05) is 6.54 Å². The largest absolute Gasteiger partial charge is 0.370 e. The van der Waals surface area contributed by atoms with Gasteiger partial charge in [-0.3, -0.25) is 0 Å². The molecular weight excluding hydrogens is 210 g/mol. The lowest BCUT2D eigenvalue weighted by molar-refractivity contribution is -0.0638. The first-order valence-electron chi connectivity index (χ1n) is 7.48. The van der Waals surface area contributed by atoms with Crippen LogP contribution >= 0.6 is 0 Å². The van der Waals surface area contributed by atoms with Crippen LogP contribution in [-0.2, 0) is 4.74 Å². The van der Waals surface area contributed by atoms with E-state index in [1.165, 1.54) is 51.4 Å². The summed E-state index contributed by atoms with van der Waals surface area (Å²) < 4.78 is 6.37. The molecule has 0 bridgehead atoms. The summed E-state index contributed by atoms with van der Waals surface area (Å²) in [5.41, 5.74) is 0.534. The molecule has 1 aliphatic carbocycles. The third-order valence-corrected chi connectivity index (χ3v) is 4.80. The van der Waals surface area contributed by atoms with Crippen molar-refractivity contribution in [2.24, 2.45) is 0 Å². The Morgan fingerprint density at radius 3 is 2.53 bits per heavy atom. The normalized spacial score (nSPS) is 28.8. The molecule has 1 saturated carbocycles. The van der Waals surface area contributed by atoms with Crippen molar-refractivity contribution in [2.45, 2.75) is 89.4 Å². The van der Waals surface area contributed by atoms with Gasteiger partial charge in [0.1, 0.15) is 0 Å². The minimum atomic E-state index is 0.256. The van der Waals surface area contributed by atoms with Crippen molar-refractivity contribution in [3.63, 3.8) is 0 Å². The Morgan fingerprint density at radius 1 is 1.18 bits per heavy atom. The molecule has 1 N–H and O–H groups in total. The molecule has 17 heavy (non-hydrogen) atoms. The number of rotatable bonds is 4. The number of nitrogens with one attached hydrogen (secondary N) is 1. The van der Waals surface area contributed by atoms with Gasteiger partial charge >= 0.3 is 0 Å². The van der Waals surface area contributed by atoms with Gasteiger partial charge in [-0.1, -0.05) is 26.2 Å². The first-order valence-corrected chi connectivity index (χ1v) is 7.48. The van der Waals surface area contributed by atoms with Crippen molar-refractivity contribution in [1.29, 1.82) is 0 Å². The third kappa shape index (κ3) is 3.45. The van der Waals surface area contributed by atoms with E-state index in [2.05, 4.69) is 26.1 Å². The molecule has 2 fully saturated rings. The molecule has 1 atom stereocenters. The summed E-state index contributed by atoms with van der Waals surface area (Å²) in [6.07, 6.45) is 11.0. The number of hydrogen-bond acceptors (Lipinski definition) is 2. The molecule has 0 aromatic heterocycles. The minimum Gasteiger partial charge on any atom is -0.370 e. The maximum absolute atomic E-state index is 6.37. The molecule has 1 spiro atoms. The van der Waals surface area contributed by atoms with Crippen LogP contribution in [0, 0.1) is 0 Å². The van der Waals surface area contributed by atoms with Crippen LogP contribution in [0.2, 0.25) is 0 Å². The van der Waals surface area contributed by atoms with Gasteiger partial charge in [-0.2, -0.15) is 0 Å². The smallest absolute Gasteiger partial charge is 0.0708 e. The lowest BCUT2D eigenvalue weighted by Gasteiger charge is -2.34. The second-order valence-electron chi connectivity index (χ2n) is 6.64. The van der Waals surface area contributed by atoms with E-state index in [0.717, 1.165) is 6.54 Å². The van der Waals surface area contributed by atoms with E-state index in [1.54, 1.807) is 0 Å². The zero-order valence-corrected chi connectivity index (χ0v) is 11.8. The summed E-state index contributed by atoms with van der Waals surface area (Å²) in [6, 6.07) is 0. The van der Waals surface area contributed by atoms with Crippen LogP contribution in [-0.4, -0.2) is 23.8 Å². The molecule has 1 aliphatic heterocycles. The Kier molecular flexibility index (Phi) is 4.14. The van der Waals surface area contributed by atoms with E-state index in [-0.39, 0.29) is 11.1 Å². The Bertz CT molecular complexity index is 243. The van der Waals surface area contributed by atoms with Crippen LogP contribution in [0.1, 0.15) is 72.1 Å². The molecule has 1 saturated heterocycles. The summed E-state index contributed by atoms with van der Waals surface area (Å²) in [7, 11) is 0. The van der Waals surface area contributed by atoms with Crippen LogP contribution in [0.25, 0.3) is 0 Å². The van der Waals surface area contributed by atoms with Gasteiger partial charge in [0.15, 0.2) is 0 Å². The fourth-order valence-electron chi connectivity index (χ4n) is 3.12. The Labute approximate surface area is 107 Å². The predicted octanol–water partition coefficient (Wildman–Crippen LogP) is 3.65. The van der Waals surface area contributed by atoms with E-state index in [1.807, 2.05) is 0 Å². The first kappa shape index (κ1) is 13.4. The van der Waals surface area contributed by atoms with Crippen molar-refractivity contribution in [1.82, 2.24) is 5.32 Å². The fraction of sp³-hybridized carbons (Fsp3) is 1.00. The Balaban J connectivity index is 1.78. The third-order valence-electron chi connectivity index (χ3n) is 4.80. The summed E-state index contributed by atoms with van der Waals surface area (Å²) in [5.74, 6) is 0. The highest BCUT2D eigenvalue weighted by molar-refractivity contribution is 4.92. The van der Waals surface area contributed by atoms with Crippen molar-refractivity contribution >= 4 is 0 Å². The van der Waals surface area contributed by atoms with Gasteiger partial charge in [0, 0.05) is 12.1 Å². The molecule has 2 rings (SSSR count). The van der Waals surface area contributed by atoms with E-state index >= 15 is 0 Å². The molecule has 100 valence electrons. The highest BCUT2D eigenvalue weighted by Gasteiger charge is 2.40. The zero-order valence-electron chi connectivity index (χ0n) is 11.8. The number of hydrogen-bond donors (Lipinski definition) is 1. The average Bonchev–Trinajstić information content (AvgIpc) is 2.71. The zero-order chi connectivity index (χ0) is 12.4. The standard InChI is InChI=1S/C15H29NO/c1-4-14(2,3)16-12-13-8-11-15(17-13)9-6-5-7-10-15/h13,16H,4-12H2,1-3H3. The average molecular weight is 239 g/mol. The quantitative estimate of drug-likeness (QED) is 0.808. The highest BCUT2D eigenvalue weighted by atomic mass is 16.5. The van der Waals surface area contributed by atoms with Gasteiger partial charge in [-0.15, -0.1) is 0 Å². The second-order valence-corrected chi connectivity index (χ2v) is 6.64. The lowest BCUT2D eigenvalue weighted by atomic mass is 9.83. The van der Waals surface area contributed by atoms with Crippen molar-refractivity contribution in [3.8, 4) is 0 Å². The Hall–Kier alpha value is -0.0800. The number of ether oxygens (including phenoxy) is 1. The van der Waals surface area contributed by atoms with Gasteiger partial charge in [0.05, 0.1) is 11.7 Å². The maximum Gasteiger partial charge on any atom is 0.0708 e. The van der Waals surface area contributed by atoms with Crippen molar-refractivity contribution in [3.05, 3.63) is 0 Å². The minimum absolute atomic E-state index is 0.256. The van der Waals surface area contributed by atoms with Gasteiger partial charge in [0.2, 0.25) is 0 Å².